The molecule has 1 heterocycles. The van der Waals surface area contributed by atoms with E-state index in [0.29, 0.717) is 24.2 Å². The van der Waals surface area contributed by atoms with Crippen LogP contribution in [0.1, 0.15) is 5.56 Å². The molecule has 7 heteroatoms. The van der Waals surface area contributed by atoms with E-state index in [9.17, 15) is 15.2 Å². The Kier molecular flexibility index (Phi) is 4.87. The first-order chi connectivity index (χ1) is 9.11. The van der Waals surface area contributed by atoms with Crippen LogP contribution < -0.4 is 0 Å². The zero-order chi connectivity index (χ0) is 13.8. The van der Waals surface area contributed by atoms with Crippen LogP contribution >= 0.6 is 15.9 Å². The SMILES string of the molecule is O=[N+]([O-])c1ccc(CN2CCOCC2CO)c(Br)c1. The van der Waals surface area contributed by atoms with Gasteiger partial charge in [0.25, 0.3) is 5.69 Å². The third-order valence-corrected chi connectivity index (χ3v) is 3.92. The fourth-order valence-corrected chi connectivity index (χ4v) is 2.55. The van der Waals surface area contributed by atoms with Gasteiger partial charge >= 0.3 is 0 Å². The highest BCUT2D eigenvalue weighted by molar-refractivity contribution is 9.10. The quantitative estimate of drug-likeness (QED) is 0.669. The average Bonchev–Trinajstić information content (AvgIpc) is 2.41. The molecule has 0 bridgehead atoms. The molecule has 1 aliphatic heterocycles. The van der Waals surface area contributed by atoms with E-state index >= 15 is 0 Å². The van der Waals surface area contributed by atoms with Crippen molar-refractivity contribution in [2.45, 2.75) is 12.6 Å². The van der Waals surface area contributed by atoms with Gasteiger partial charge in [0.1, 0.15) is 0 Å². The number of aliphatic hydroxyl groups excluding tert-OH is 1. The lowest BCUT2D eigenvalue weighted by atomic mass is 10.1. The Morgan fingerprint density at radius 1 is 1.58 bits per heavy atom. The van der Waals surface area contributed by atoms with Crippen LogP contribution in [0.15, 0.2) is 22.7 Å². The number of nitrogens with zero attached hydrogens (tertiary/aromatic N) is 2. The molecule has 1 saturated heterocycles. The first kappa shape index (κ1) is 14.4. The summed E-state index contributed by atoms with van der Waals surface area (Å²) in [6, 6.07) is 4.72. The number of nitro benzene ring substituents is 1. The van der Waals surface area contributed by atoms with E-state index in [1.165, 1.54) is 12.1 Å². The number of rotatable bonds is 4. The monoisotopic (exact) mass is 330 g/mol. The highest BCUT2D eigenvalue weighted by Gasteiger charge is 2.23. The lowest BCUT2D eigenvalue weighted by Gasteiger charge is -2.34. The molecule has 0 spiro atoms. The molecule has 1 N–H and O–H groups in total. The van der Waals surface area contributed by atoms with Crippen molar-refractivity contribution < 1.29 is 14.8 Å². The molecule has 19 heavy (non-hydrogen) atoms. The lowest BCUT2D eigenvalue weighted by Crippen LogP contribution is -2.46. The Morgan fingerprint density at radius 3 is 3.00 bits per heavy atom. The molecule has 2 rings (SSSR count). The van der Waals surface area contributed by atoms with Crippen molar-refractivity contribution in [2.75, 3.05) is 26.4 Å². The van der Waals surface area contributed by atoms with Crippen molar-refractivity contribution in [1.82, 2.24) is 4.90 Å². The van der Waals surface area contributed by atoms with Gasteiger partial charge in [-0.1, -0.05) is 15.9 Å². The summed E-state index contributed by atoms with van der Waals surface area (Å²) in [4.78, 5) is 12.4. The molecule has 1 fully saturated rings. The molecular weight excluding hydrogens is 316 g/mol. The number of nitro groups is 1. The maximum absolute atomic E-state index is 10.7. The number of hydrogen-bond acceptors (Lipinski definition) is 5. The number of non-ortho nitro benzene ring substituents is 1. The topological polar surface area (TPSA) is 75.8 Å². The fourth-order valence-electron chi connectivity index (χ4n) is 2.06. The molecule has 1 atom stereocenters. The van der Waals surface area contributed by atoms with E-state index in [1.807, 2.05) is 0 Å². The van der Waals surface area contributed by atoms with E-state index in [-0.39, 0.29) is 18.3 Å². The third kappa shape index (κ3) is 3.50. The minimum atomic E-state index is -0.417. The van der Waals surface area contributed by atoms with Crippen LogP contribution in [0.3, 0.4) is 0 Å². The summed E-state index contributed by atoms with van der Waals surface area (Å²) in [7, 11) is 0. The first-order valence-corrected chi connectivity index (χ1v) is 6.76. The van der Waals surface area contributed by atoms with Gasteiger partial charge in [-0.3, -0.25) is 15.0 Å². The van der Waals surface area contributed by atoms with E-state index in [2.05, 4.69) is 20.8 Å². The van der Waals surface area contributed by atoms with Crippen LogP contribution in [0.2, 0.25) is 0 Å². The van der Waals surface area contributed by atoms with E-state index in [4.69, 9.17) is 4.74 Å². The summed E-state index contributed by atoms with van der Waals surface area (Å²) in [6.07, 6.45) is 0. The lowest BCUT2D eigenvalue weighted by molar-refractivity contribution is -0.384. The van der Waals surface area contributed by atoms with Gasteiger partial charge < -0.3 is 9.84 Å². The molecular formula is C12H15BrN2O4. The molecule has 1 unspecified atom stereocenters. The number of benzene rings is 1. The number of hydrogen-bond donors (Lipinski definition) is 1. The number of aliphatic hydroxyl groups is 1. The van der Waals surface area contributed by atoms with Crippen LogP contribution in [0, 0.1) is 10.1 Å². The van der Waals surface area contributed by atoms with Crippen LogP contribution in [-0.2, 0) is 11.3 Å². The predicted octanol–water partition coefficient (Wildman–Crippen LogP) is 1.55. The van der Waals surface area contributed by atoms with Crippen molar-refractivity contribution >= 4 is 21.6 Å². The van der Waals surface area contributed by atoms with Crippen molar-refractivity contribution in [2.24, 2.45) is 0 Å². The Labute approximate surface area is 119 Å². The zero-order valence-corrected chi connectivity index (χ0v) is 11.9. The second-order valence-corrected chi connectivity index (χ2v) is 5.27. The Balaban J connectivity index is 2.11. The molecule has 104 valence electrons. The third-order valence-electron chi connectivity index (χ3n) is 3.18. The average molecular weight is 331 g/mol. The van der Waals surface area contributed by atoms with Gasteiger partial charge in [0.05, 0.1) is 30.8 Å². The largest absolute Gasteiger partial charge is 0.395 e. The van der Waals surface area contributed by atoms with E-state index in [1.54, 1.807) is 6.07 Å². The highest BCUT2D eigenvalue weighted by Crippen LogP contribution is 2.25. The van der Waals surface area contributed by atoms with Crippen molar-refractivity contribution in [3.05, 3.63) is 38.3 Å². The van der Waals surface area contributed by atoms with Gasteiger partial charge in [0, 0.05) is 29.7 Å². The van der Waals surface area contributed by atoms with Gasteiger partial charge in [-0.2, -0.15) is 0 Å². The molecule has 1 aromatic rings. The molecule has 0 amide bonds. The summed E-state index contributed by atoms with van der Waals surface area (Å²) in [6.45, 7) is 2.58. The molecule has 0 aromatic heterocycles. The van der Waals surface area contributed by atoms with Crippen LogP contribution in [0.5, 0.6) is 0 Å². The second kappa shape index (κ2) is 6.42. The maximum atomic E-state index is 10.7. The number of ether oxygens (including phenoxy) is 1. The Morgan fingerprint density at radius 2 is 2.37 bits per heavy atom. The fraction of sp³-hybridized carbons (Fsp3) is 0.500. The number of morpholine rings is 1. The van der Waals surface area contributed by atoms with Crippen LogP contribution in [0.4, 0.5) is 5.69 Å². The van der Waals surface area contributed by atoms with Crippen molar-refractivity contribution in [3.8, 4) is 0 Å². The summed E-state index contributed by atoms with van der Waals surface area (Å²) in [5, 5.41) is 20.0. The number of halogens is 1. The zero-order valence-electron chi connectivity index (χ0n) is 10.3. The summed E-state index contributed by atoms with van der Waals surface area (Å²) >= 11 is 3.36. The highest BCUT2D eigenvalue weighted by atomic mass is 79.9. The summed E-state index contributed by atoms with van der Waals surface area (Å²) < 4.78 is 6.03. The molecule has 0 radical (unpaired) electrons. The van der Waals surface area contributed by atoms with Crippen LogP contribution in [0.25, 0.3) is 0 Å². The summed E-state index contributed by atoms with van der Waals surface area (Å²) in [5.41, 5.74) is 1.03. The van der Waals surface area contributed by atoms with Crippen molar-refractivity contribution in [3.63, 3.8) is 0 Å². The van der Waals surface area contributed by atoms with Gasteiger partial charge in [0.2, 0.25) is 0 Å². The molecule has 1 aliphatic rings. The van der Waals surface area contributed by atoms with E-state index < -0.39 is 4.92 Å². The Bertz CT molecular complexity index is 469. The molecule has 0 saturated carbocycles. The molecule has 0 aliphatic carbocycles. The second-order valence-electron chi connectivity index (χ2n) is 4.41. The van der Waals surface area contributed by atoms with Crippen molar-refractivity contribution in [1.29, 1.82) is 0 Å². The smallest absolute Gasteiger partial charge is 0.270 e. The normalized spacial score (nSPS) is 20.4. The first-order valence-electron chi connectivity index (χ1n) is 5.97. The minimum absolute atomic E-state index is 0.0177. The van der Waals surface area contributed by atoms with Crippen LogP contribution in [-0.4, -0.2) is 47.3 Å². The van der Waals surface area contributed by atoms with Gasteiger partial charge in [-0.15, -0.1) is 0 Å². The van der Waals surface area contributed by atoms with Gasteiger partial charge in [-0.05, 0) is 11.6 Å². The minimum Gasteiger partial charge on any atom is -0.395 e. The van der Waals surface area contributed by atoms with Gasteiger partial charge in [0.15, 0.2) is 0 Å². The van der Waals surface area contributed by atoms with E-state index in [0.717, 1.165) is 12.1 Å². The standard InChI is InChI=1S/C12H15BrN2O4/c13-12-5-10(15(17)18)2-1-9(12)6-14-3-4-19-8-11(14)7-16/h1-2,5,11,16H,3-4,6-8H2. The Hall–Kier alpha value is -1.02. The maximum Gasteiger partial charge on any atom is 0.270 e. The predicted molar refractivity (Wildman–Crippen MR) is 72.9 cm³/mol. The molecule has 6 nitrogen and oxygen atoms in total. The summed E-state index contributed by atoms with van der Waals surface area (Å²) in [5.74, 6) is 0. The van der Waals surface area contributed by atoms with Gasteiger partial charge in [-0.25, -0.2) is 0 Å². The molecule has 1 aromatic carbocycles.